The van der Waals surface area contributed by atoms with Gasteiger partial charge in [0.2, 0.25) is 6.41 Å². The van der Waals surface area contributed by atoms with E-state index in [4.69, 9.17) is 14.9 Å². The van der Waals surface area contributed by atoms with Crippen LogP contribution in [0.15, 0.2) is 42.5 Å². The fourth-order valence-electron chi connectivity index (χ4n) is 2.77. The molecule has 2 atom stereocenters. The van der Waals surface area contributed by atoms with Crippen molar-refractivity contribution in [3.8, 4) is 11.5 Å². The van der Waals surface area contributed by atoms with E-state index in [0.717, 1.165) is 12.2 Å². The first-order chi connectivity index (χ1) is 15.7. The van der Waals surface area contributed by atoms with Crippen molar-refractivity contribution < 1.29 is 39.5 Å². The number of hydrogen-bond donors (Lipinski definition) is 6. The highest BCUT2D eigenvalue weighted by molar-refractivity contribution is 5.76. The molecule has 2 rings (SSSR count). The van der Waals surface area contributed by atoms with Crippen molar-refractivity contribution in [2.24, 2.45) is 0 Å². The van der Waals surface area contributed by atoms with Crippen LogP contribution in [0, 0.1) is 0 Å². The van der Waals surface area contributed by atoms with Gasteiger partial charge in [-0.25, -0.2) is 0 Å². The molecule has 0 aliphatic carbocycles. The Balaban J connectivity index is 0.000000582. The number of phenols is 1. The number of nitrogens with one attached hydrogen (secondary N) is 2. The minimum absolute atomic E-state index is 0.0381. The van der Waals surface area contributed by atoms with Gasteiger partial charge >= 0.3 is 11.9 Å². The number of carbonyl (C=O) groups is 3. The molecule has 180 valence electrons. The van der Waals surface area contributed by atoms with E-state index in [9.17, 15) is 24.6 Å². The summed E-state index contributed by atoms with van der Waals surface area (Å²) in [6.45, 7) is 2.41. The van der Waals surface area contributed by atoms with Crippen LogP contribution in [-0.2, 0) is 20.8 Å². The van der Waals surface area contributed by atoms with Crippen LogP contribution in [0.4, 0.5) is 5.69 Å². The van der Waals surface area contributed by atoms with Crippen LogP contribution >= 0.6 is 0 Å². The third-order valence-electron chi connectivity index (χ3n) is 4.53. The predicted octanol–water partition coefficient (Wildman–Crippen LogP) is 2.16. The van der Waals surface area contributed by atoms with Gasteiger partial charge in [-0.3, -0.25) is 14.4 Å². The van der Waals surface area contributed by atoms with E-state index in [0.29, 0.717) is 18.5 Å². The van der Waals surface area contributed by atoms with Gasteiger partial charge in [-0.1, -0.05) is 18.2 Å². The first-order valence-corrected chi connectivity index (χ1v) is 10.2. The number of hydrogen-bond acceptors (Lipinski definition) is 7. The van der Waals surface area contributed by atoms with Gasteiger partial charge in [-0.2, -0.15) is 0 Å². The largest absolute Gasteiger partial charge is 0.506 e. The number of anilines is 1. The summed E-state index contributed by atoms with van der Waals surface area (Å²) in [5, 5.41) is 41.4. The number of carbonyl (C=O) groups excluding carboxylic acids is 1. The Kier molecular flexibility index (Phi) is 12.0. The second kappa shape index (κ2) is 14.4. The Morgan fingerprint density at radius 1 is 1.06 bits per heavy atom. The number of aliphatic carboxylic acids is 2. The summed E-state index contributed by atoms with van der Waals surface area (Å²) < 4.78 is 5.14. The average molecular weight is 462 g/mol. The maximum absolute atomic E-state index is 10.5. The number of aliphatic hydroxyl groups excluding tert-OH is 1. The maximum Gasteiger partial charge on any atom is 0.303 e. The monoisotopic (exact) mass is 462 g/mol. The molecule has 0 aliphatic rings. The molecule has 0 aromatic heterocycles. The minimum atomic E-state index is -1.08. The van der Waals surface area contributed by atoms with E-state index in [2.05, 4.69) is 10.6 Å². The number of rotatable bonds is 12. The van der Waals surface area contributed by atoms with E-state index in [1.54, 1.807) is 19.2 Å². The molecule has 0 heterocycles. The molecule has 33 heavy (non-hydrogen) atoms. The lowest BCUT2D eigenvalue weighted by Crippen LogP contribution is -2.32. The zero-order valence-corrected chi connectivity index (χ0v) is 18.5. The molecule has 2 aromatic carbocycles. The van der Waals surface area contributed by atoms with E-state index < -0.39 is 18.0 Å². The normalized spacial score (nSPS) is 12.0. The highest BCUT2D eigenvalue weighted by Crippen LogP contribution is 2.26. The van der Waals surface area contributed by atoms with Crippen molar-refractivity contribution in [3.63, 3.8) is 0 Å². The van der Waals surface area contributed by atoms with Crippen molar-refractivity contribution in [3.05, 3.63) is 53.6 Å². The van der Waals surface area contributed by atoms with Crippen LogP contribution in [0.1, 0.15) is 37.0 Å². The Morgan fingerprint density at radius 2 is 1.67 bits per heavy atom. The molecule has 0 fully saturated rings. The lowest BCUT2D eigenvalue weighted by atomic mass is 10.1. The van der Waals surface area contributed by atoms with Crippen LogP contribution in [0.3, 0.4) is 0 Å². The predicted molar refractivity (Wildman–Crippen MR) is 121 cm³/mol. The summed E-state index contributed by atoms with van der Waals surface area (Å²) in [4.78, 5) is 29.8. The molecule has 10 nitrogen and oxygen atoms in total. The summed E-state index contributed by atoms with van der Waals surface area (Å²) in [5.41, 5.74) is 2.07. The number of aromatic hydroxyl groups is 1. The van der Waals surface area contributed by atoms with Crippen LogP contribution < -0.4 is 15.4 Å². The molecule has 10 heteroatoms. The minimum Gasteiger partial charge on any atom is -0.506 e. The first kappa shape index (κ1) is 27.4. The van der Waals surface area contributed by atoms with Gasteiger partial charge in [0, 0.05) is 12.6 Å². The zero-order chi connectivity index (χ0) is 24.8. The number of ether oxygens (including phenoxy) is 1. The van der Waals surface area contributed by atoms with Gasteiger partial charge in [0.05, 0.1) is 31.7 Å². The molecule has 2 unspecified atom stereocenters. The van der Waals surface area contributed by atoms with Crippen molar-refractivity contribution in [1.82, 2.24) is 5.32 Å². The number of carboxylic acid groups (broad SMARTS) is 2. The molecule has 1 amide bonds. The molecular weight excluding hydrogens is 432 g/mol. The summed E-state index contributed by atoms with van der Waals surface area (Å²) in [6.07, 6.45) is -0.0268. The molecule has 0 aliphatic heterocycles. The Hall–Kier alpha value is -3.63. The fraction of sp³-hybridized carbons (Fsp3) is 0.348. The topological polar surface area (TPSA) is 165 Å². The van der Waals surface area contributed by atoms with Crippen LogP contribution in [0.2, 0.25) is 0 Å². The molecular formula is C23H30N2O8. The van der Waals surface area contributed by atoms with E-state index in [1.807, 2.05) is 31.2 Å². The molecule has 0 radical (unpaired) electrons. The Bertz CT molecular complexity index is 888. The number of phenolic OH excluding ortho intramolecular Hbond substituents is 1. The van der Waals surface area contributed by atoms with Gasteiger partial charge < -0.3 is 35.8 Å². The highest BCUT2D eigenvalue weighted by Gasteiger charge is 2.12. The number of carboxylic acids is 2. The average Bonchev–Trinajstić information content (AvgIpc) is 2.78. The van der Waals surface area contributed by atoms with Gasteiger partial charge in [0.1, 0.15) is 11.5 Å². The third kappa shape index (κ3) is 11.0. The van der Waals surface area contributed by atoms with Crippen molar-refractivity contribution in [2.45, 2.75) is 38.3 Å². The van der Waals surface area contributed by atoms with Crippen LogP contribution in [-0.4, -0.2) is 58.5 Å². The second-order valence-electron chi connectivity index (χ2n) is 7.20. The maximum atomic E-state index is 10.5. The lowest BCUT2D eigenvalue weighted by Gasteiger charge is -2.18. The first-order valence-electron chi connectivity index (χ1n) is 10.2. The van der Waals surface area contributed by atoms with Gasteiger partial charge in [0.15, 0.2) is 0 Å². The molecule has 0 bridgehead atoms. The number of methoxy groups -OCH3 is 1. The Morgan fingerprint density at radius 3 is 2.18 bits per heavy atom. The summed E-state index contributed by atoms with van der Waals surface area (Å²) in [5.74, 6) is -1.37. The van der Waals surface area contributed by atoms with Gasteiger partial charge in [-0.15, -0.1) is 0 Å². The second-order valence-corrected chi connectivity index (χ2v) is 7.20. The van der Waals surface area contributed by atoms with Gasteiger partial charge in [0.25, 0.3) is 0 Å². The summed E-state index contributed by atoms with van der Waals surface area (Å²) in [6, 6.07) is 12.7. The zero-order valence-electron chi connectivity index (χ0n) is 18.5. The van der Waals surface area contributed by atoms with Crippen molar-refractivity contribution in [2.75, 3.05) is 19.0 Å². The molecule has 0 saturated heterocycles. The van der Waals surface area contributed by atoms with Crippen LogP contribution in [0.5, 0.6) is 11.5 Å². The fourth-order valence-corrected chi connectivity index (χ4v) is 2.77. The lowest BCUT2D eigenvalue weighted by molar-refractivity contribution is -0.143. The summed E-state index contributed by atoms with van der Waals surface area (Å²) >= 11 is 0. The Labute approximate surface area is 191 Å². The van der Waals surface area contributed by atoms with E-state index in [-0.39, 0.29) is 30.3 Å². The van der Waals surface area contributed by atoms with Crippen molar-refractivity contribution >= 4 is 24.0 Å². The van der Waals surface area contributed by atoms with E-state index in [1.165, 1.54) is 11.6 Å². The number of amides is 1. The highest BCUT2D eigenvalue weighted by atomic mass is 16.5. The quantitative estimate of drug-likeness (QED) is 0.205. The van der Waals surface area contributed by atoms with Crippen molar-refractivity contribution in [1.29, 1.82) is 0 Å². The summed E-state index contributed by atoms with van der Waals surface area (Å²) in [7, 11) is 1.64. The third-order valence-corrected chi connectivity index (χ3v) is 4.53. The number of benzene rings is 2. The SMILES string of the molecule is COc1ccc(CC(C)NCC(O)c2ccc(O)c(NC=O)c2)cc1.O=C(O)CCC(=O)O. The van der Waals surface area contributed by atoms with Crippen LogP contribution in [0.25, 0.3) is 0 Å². The van der Waals surface area contributed by atoms with Gasteiger partial charge in [-0.05, 0) is 48.7 Å². The number of aliphatic hydroxyl groups is 1. The standard InChI is InChI=1S/C19H24N2O4.C4H6O4/c1-13(9-14-3-6-16(25-2)7-4-14)20-11-19(24)15-5-8-18(23)17(10-15)21-12-22;5-3(6)1-2-4(7)8/h3-8,10,12-13,19-20,23-24H,9,11H2,1-2H3,(H,21,22);1-2H2,(H,5,6)(H,7,8). The molecule has 6 N–H and O–H groups in total. The van der Waals surface area contributed by atoms with E-state index >= 15 is 0 Å². The molecule has 0 spiro atoms. The molecule has 2 aromatic rings. The smallest absolute Gasteiger partial charge is 0.303 e. The molecule has 0 saturated carbocycles.